The second-order valence-electron chi connectivity index (χ2n) is 6.64. The van der Waals surface area contributed by atoms with Gasteiger partial charge in [0.05, 0.1) is 11.3 Å². The fraction of sp³-hybridized carbons (Fsp3) is 0.450. The molecule has 0 amide bonds. The highest BCUT2D eigenvalue weighted by Gasteiger charge is 2.36. The average molecular weight is 371 g/mol. The standard InChI is InChI=1S/C20H23ClN4O/c1-3-14-15(13-22)19(24-23-18(14)4-2)25-11-9-20(26,10-12-25)16-7-5-6-8-17(16)21/h5-8,26H,3-4,9-12H2,1-2H3. The zero-order chi connectivity index (χ0) is 18.7. The van der Waals surface area contributed by atoms with Gasteiger partial charge in [0.25, 0.3) is 0 Å². The summed E-state index contributed by atoms with van der Waals surface area (Å²) >= 11 is 6.28. The number of aryl methyl sites for hydroxylation is 1. The lowest BCUT2D eigenvalue weighted by molar-refractivity contribution is 0.0117. The van der Waals surface area contributed by atoms with Crippen LogP contribution in [-0.2, 0) is 18.4 Å². The Hall–Kier alpha value is -2.16. The first-order chi connectivity index (χ1) is 12.5. The van der Waals surface area contributed by atoms with E-state index in [9.17, 15) is 10.4 Å². The molecule has 1 N–H and O–H groups in total. The Morgan fingerprint density at radius 2 is 1.88 bits per heavy atom. The first-order valence-corrected chi connectivity index (χ1v) is 9.42. The first-order valence-electron chi connectivity index (χ1n) is 9.05. The van der Waals surface area contributed by atoms with Gasteiger partial charge >= 0.3 is 0 Å². The highest BCUT2D eigenvalue weighted by Crippen LogP contribution is 2.38. The van der Waals surface area contributed by atoms with Gasteiger partial charge in [-0.2, -0.15) is 10.4 Å². The molecule has 0 atom stereocenters. The van der Waals surface area contributed by atoms with Crippen molar-refractivity contribution in [1.82, 2.24) is 10.2 Å². The van der Waals surface area contributed by atoms with Crippen LogP contribution in [-0.4, -0.2) is 28.4 Å². The fourth-order valence-corrected chi connectivity index (χ4v) is 4.01. The average Bonchev–Trinajstić information content (AvgIpc) is 2.67. The minimum Gasteiger partial charge on any atom is -0.385 e. The van der Waals surface area contributed by atoms with Crippen LogP contribution in [0.4, 0.5) is 5.82 Å². The number of aromatic nitrogens is 2. The van der Waals surface area contributed by atoms with Crippen LogP contribution >= 0.6 is 11.6 Å². The fourth-order valence-electron chi connectivity index (χ4n) is 3.70. The summed E-state index contributed by atoms with van der Waals surface area (Å²) in [6.45, 7) is 5.25. The summed E-state index contributed by atoms with van der Waals surface area (Å²) in [7, 11) is 0. The van der Waals surface area contributed by atoms with Gasteiger partial charge in [-0.1, -0.05) is 43.6 Å². The number of aliphatic hydroxyl groups is 1. The van der Waals surface area contributed by atoms with E-state index in [1.165, 1.54) is 0 Å². The Balaban J connectivity index is 1.87. The number of rotatable bonds is 4. The lowest BCUT2D eigenvalue weighted by Crippen LogP contribution is -2.43. The van der Waals surface area contributed by atoms with Gasteiger partial charge in [0.1, 0.15) is 11.6 Å². The number of hydrogen-bond acceptors (Lipinski definition) is 5. The van der Waals surface area contributed by atoms with Crippen molar-refractivity contribution in [2.24, 2.45) is 0 Å². The predicted octanol–water partition coefficient (Wildman–Crippen LogP) is 3.61. The molecule has 2 heterocycles. The van der Waals surface area contributed by atoms with Crippen molar-refractivity contribution in [2.45, 2.75) is 45.1 Å². The molecule has 0 spiro atoms. The van der Waals surface area contributed by atoms with Gasteiger partial charge in [0.2, 0.25) is 0 Å². The summed E-state index contributed by atoms with van der Waals surface area (Å²) in [5.41, 5.74) is 2.29. The van der Waals surface area contributed by atoms with E-state index in [1.54, 1.807) is 6.07 Å². The maximum absolute atomic E-state index is 11.1. The van der Waals surface area contributed by atoms with E-state index in [1.807, 2.05) is 32.0 Å². The van der Waals surface area contributed by atoms with Crippen molar-refractivity contribution in [1.29, 1.82) is 5.26 Å². The number of benzene rings is 1. The smallest absolute Gasteiger partial charge is 0.169 e. The molecule has 1 aliphatic rings. The van der Waals surface area contributed by atoms with Crippen LogP contribution in [0, 0.1) is 11.3 Å². The third-order valence-corrected chi connectivity index (χ3v) is 5.53. The van der Waals surface area contributed by atoms with E-state index in [4.69, 9.17) is 11.6 Å². The third-order valence-electron chi connectivity index (χ3n) is 5.20. The Bertz CT molecular complexity index is 838. The highest BCUT2D eigenvalue weighted by molar-refractivity contribution is 6.31. The van der Waals surface area contributed by atoms with Gasteiger partial charge < -0.3 is 10.0 Å². The number of nitriles is 1. The molecule has 2 aromatic rings. The number of nitrogens with zero attached hydrogens (tertiary/aromatic N) is 4. The molecule has 3 rings (SSSR count). The number of piperidine rings is 1. The lowest BCUT2D eigenvalue weighted by Gasteiger charge is -2.39. The van der Waals surface area contributed by atoms with Crippen LogP contribution in [0.15, 0.2) is 24.3 Å². The molecule has 0 radical (unpaired) electrons. The van der Waals surface area contributed by atoms with Gasteiger partial charge in [-0.15, -0.1) is 5.10 Å². The maximum atomic E-state index is 11.1. The second kappa shape index (κ2) is 7.61. The molecule has 0 unspecified atom stereocenters. The van der Waals surface area contributed by atoms with Crippen molar-refractivity contribution in [3.63, 3.8) is 0 Å². The maximum Gasteiger partial charge on any atom is 0.169 e. The zero-order valence-corrected chi connectivity index (χ0v) is 15.9. The summed E-state index contributed by atoms with van der Waals surface area (Å²) in [6.07, 6.45) is 2.57. The second-order valence-corrected chi connectivity index (χ2v) is 7.05. The van der Waals surface area contributed by atoms with Gasteiger partial charge in [-0.25, -0.2) is 0 Å². The monoisotopic (exact) mass is 370 g/mol. The Morgan fingerprint density at radius 3 is 2.46 bits per heavy atom. The zero-order valence-electron chi connectivity index (χ0n) is 15.2. The molecule has 1 fully saturated rings. The summed E-state index contributed by atoms with van der Waals surface area (Å²) in [5.74, 6) is 0.628. The summed E-state index contributed by atoms with van der Waals surface area (Å²) < 4.78 is 0. The van der Waals surface area contributed by atoms with Crippen LogP contribution in [0.3, 0.4) is 0 Å². The van der Waals surface area contributed by atoms with E-state index >= 15 is 0 Å². The van der Waals surface area contributed by atoms with Crippen LogP contribution in [0.5, 0.6) is 0 Å². The molecule has 136 valence electrons. The van der Waals surface area contributed by atoms with Crippen LogP contribution in [0.2, 0.25) is 5.02 Å². The van der Waals surface area contributed by atoms with E-state index in [-0.39, 0.29) is 0 Å². The van der Waals surface area contributed by atoms with Crippen molar-refractivity contribution in [3.05, 3.63) is 51.7 Å². The molecule has 1 aliphatic heterocycles. The third kappa shape index (κ3) is 3.27. The van der Waals surface area contributed by atoms with Gasteiger partial charge in [-0.3, -0.25) is 0 Å². The number of halogens is 1. The topological polar surface area (TPSA) is 73.0 Å². The molecule has 1 aromatic heterocycles. The molecular formula is C20H23ClN4O. The van der Waals surface area contributed by atoms with E-state index in [2.05, 4.69) is 21.2 Å². The first kappa shape index (κ1) is 18.6. The number of hydrogen-bond donors (Lipinski definition) is 1. The van der Waals surface area contributed by atoms with Crippen LogP contribution in [0.1, 0.15) is 49.1 Å². The summed E-state index contributed by atoms with van der Waals surface area (Å²) in [6, 6.07) is 9.76. The Morgan fingerprint density at radius 1 is 1.19 bits per heavy atom. The highest BCUT2D eigenvalue weighted by atomic mass is 35.5. The van der Waals surface area contributed by atoms with Crippen LogP contribution in [0.25, 0.3) is 0 Å². The Labute approximate surface area is 159 Å². The van der Waals surface area contributed by atoms with E-state index < -0.39 is 5.60 Å². The van der Waals surface area contributed by atoms with Crippen molar-refractivity contribution in [3.8, 4) is 6.07 Å². The summed E-state index contributed by atoms with van der Waals surface area (Å²) in [5, 5.41) is 30.0. The molecule has 0 saturated carbocycles. The minimum absolute atomic E-state index is 0.528. The van der Waals surface area contributed by atoms with Gasteiger partial charge in [0, 0.05) is 23.7 Å². The normalized spacial score (nSPS) is 16.3. The molecule has 1 aromatic carbocycles. The molecule has 1 saturated heterocycles. The molecule has 0 bridgehead atoms. The largest absolute Gasteiger partial charge is 0.385 e. The minimum atomic E-state index is -0.952. The predicted molar refractivity (Wildman–Crippen MR) is 102 cm³/mol. The van der Waals surface area contributed by atoms with Crippen molar-refractivity contribution < 1.29 is 5.11 Å². The van der Waals surface area contributed by atoms with Crippen molar-refractivity contribution in [2.75, 3.05) is 18.0 Å². The van der Waals surface area contributed by atoms with Gasteiger partial charge in [0.15, 0.2) is 5.82 Å². The SMILES string of the molecule is CCc1nnc(N2CCC(O)(c3ccccc3Cl)CC2)c(C#N)c1CC. The van der Waals surface area contributed by atoms with E-state index in [0.29, 0.717) is 42.3 Å². The van der Waals surface area contributed by atoms with Crippen molar-refractivity contribution >= 4 is 17.4 Å². The molecule has 26 heavy (non-hydrogen) atoms. The van der Waals surface area contributed by atoms with E-state index in [0.717, 1.165) is 29.7 Å². The molecule has 6 heteroatoms. The quantitative estimate of drug-likeness (QED) is 0.889. The number of anilines is 1. The lowest BCUT2D eigenvalue weighted by atomic mass is 9.84. The molecular weight excluding hydrogens is 348 g/mol. The van der Waals surface area contributed by atoms with Gasteiger partial charge in [-0.05, 0) is 37.3 Å². The molecule has 5 nitrogen and oxygen atoms in total. The Kier molecular flexibility index (Phi) is 5.45. The molecule has 0 aliphatic carbocycles. The van der Waals surface area contributed by atoms with Crippen LogP contribution < -0.4 is 4.90 Å². The summed E-state index contributed by atoms with van der Waals surface area (Å²) in [4.78, 5) is 2.05.